The molecule has 1 aliphatic rings. The van der Waals surface area contributed by atoms with Crippen molar-refractivity contribution in [3.63, 3.8) is 0 Å². The second-order valence-electron chi connectivity index (χ2n) is 4.57. The van der Waals surface area contributed by atoms with Gasteiger partial charge in [0.05, 0.1) is 0 Å². The van der Waals surface area contributed by atoms with Crippen molar-refractivity contribution in [3.8, 4) is 0 Å². The maximum absolute atomic E-state index is 5.57. The van der Waals surface area contributed by atoms with Gasteiger partial charge >= 0.3 is 0 Å². The van der Waals surface area contributed by atoms with Crippen LogP contribution < -0.4 is 5.73 Å². The first-order chi connectivity index (χ1) is 5.09. The fourth-order valence-corrected chi connectivity index (χ4v) is 2.32. The molecule has 2 atom stereocenters. The van der Waals surface area contributed by atoms with Gasteiger partial charge in [0.25, 0.3) is 0 Å². The summed E-state index contributed by atoms with van der Waals surface area (Å²) in [6.45, 7) is 8.02. The third kappa shape index (κ3) is 1.58. The molecule has 0 aromatic carbocycles. The molecule has 0 aromatic rings. The van der Waals surface area contributed by atoms with Crippen LogP contribution in [0.15, 0.2) is 0 Å². The highest BCUT2D eigenvalue weighted by atomic mass is 14.5. The SMILES string of the molecule is CC1CCC(CCN)C1(C)C. The van der Waals surface area contributed by atoms with Gasteiger partial charge in [0, 0.05) is 0 Å². The summed E-state index contributed by atoms with van der Waals surface area (Å²) in [6.07, 6.45) is 4.01. The standard InChI is InChI=1S/C10H21N/c1-8-4-5-9(6-7-11)10(8,2)3/h8-9H,4-7,11H2,1-3H3. The first-order valence-electron chi connectivity index (χ1n) is 4.79. The average Bonchev–Trinajstić information content (AvgIpc) is 2.16. The van der Waals surface area contributed by atoms with Crippen molar-refractivity contribution in [2.45, 2.75) is 40.0 Å². The molecule has 0 heterocycles. The molecule has 0 spiro atoms. The Balaban J connectivity index is 2.55. The smallest absolute Gasteiger partial charge is 0.00744 e. The molecule has 0 aromatic heterocycles. The largest absolute Gasteiger partial charge is 0.330 e. The number of hydrogen-bond donors (Lipinski definition) is 1. The molecule has 2 N–H and O–H groups in total. The maximum Gasteiger partial charge on any atom is -0.00744 e. The van der Waals surface area contributed by atoms with E-state index in [9.17, 15) is 0 Å². The van der Waals surface area contributed by atoms with E-state index < -0.39 is 0 Å². The van der Waals surface area contributed by atoms with Crippen molar-refractivity contribution in [1.82, 2.24) is 0 Å². The van der Waals surface area contributed by atoms with E-state index in [2.05, 4.69) is 20.8 Å². The van der Waals surface area contributed by atoms with E-state index in [0.29, 0.717) is 5.41 Å². The van der Waals surface area contributed by atoms with E-state index in [4.69, 9.17) is 5.73 Å². The molecule has 0 aliphatic heterocycles. The van der Waals surface area contributed by atoms with E-state index in [1.807, 2.05) is 0 Å². The van der Waals surface area contributed by atoms with Gasteiger partial charge in [-0.2, -0.15) is 0 Å². The number of rotatable bonds is 2. The summed E-state index contributed by atoms with van der Waals surface area (Å²) in [5.41, 5.74) is 6.12. The molecular weight excluding hydrogens is 134 g/mol. The Kier molecular flexibility index (Phi) is 2.58. The van der Waals surface area contributed by atoms with Crippen LogP contribution in [0.1, 0.15) is 40.0 Å². The predicted octanol–water partition coefficient (Wildman–Crippen LogP) is 2.41. The van der Waals surface area contributed by atoms with Gasteiger partial charge in [0.1, 0.15) is 0 Å². The van der Waals surface area contributed by atoms with Crippen molar-refractivity contribution in [2.75, 3.05) is 6.54 Å². The van der Waals surface area contributed by atoms with Crippen LogP contribution in [0.4, 0.5) is 0 Å². The summed E-state index contributed by atoms with van der Waals surface area (Å²) in [5.74, 6) is 1.77. The van der Waals surface area contributed by atoms with Gasteiger partial charge in [-0.1, -0.05) is 20.8 Å². The molecular formula is C10H21N. The zero-order valence-corrected chi connectivity index (χ0v) is 8.06. The molecule has 66 valence electrons. The number of hydrogen-bond acceptors (Lipinski definition) is 1. The molecule has 0 radical (unpaired) electrons. The third-order valence-electron chi connectivity index (χ3n) is 3.79. The Labute approximate surface area is 70.4 Å². The van der Waals surface area contributed by atoms with Gasteiger partial charge in [0.15, 0.2) is 0 Å². The van der Waals surface area contributed by atoms with Gasteiger partial charge in [0.2, 0.25) is 0 Å². The number of nitrogens with two attached hydrogens (primary N) is 1. The highest BCUT2D eigenvalue weighted by Crippen LogP contribution is 2.48. The minimum absolute atomic E-state index is 0.541. The molecule has 1 aliphatic carbocycles. The zero-order valence-electron chi connectivity index (χ0n) is 8.06. The molecule has 0 saturated heterocycles. The van der Waals surface area contributed by atoms with Crippen molar-refractivity contribution < 1.29 is 0 Å². The van der Waals surface area contributed by atoms with Crippen LogP contribution in [0.5, 0.6) is 0 Å². The van der Waals surface area contributed by atoms with E-state index in [1.54, 1.807) is 0 Å². The molecule has 0 amide bonds. The van der Waals surface area contributed by atoms with E-state index in [0.717, 1.165) is 18.4 Å². The van der Waals surface area contributed by atoms with Gasteiger partial charge in [-0.3, -0.25) is 0 Å². The fraction of sp³-hybridized carbons (Fsp3) is 1.00. The molecule has 2 unspecified atom stereocenters. The van der Waals surface area contributed by atoms with Gasteiger partial charge < -0.3 is 5.73 Å². The summed E-state index contributed by atoms with van der Waals surface area (Å²) in [7, 11) is 0. The minimum atomic E-state index is 0.541. The van der Waals surface area contributed by atoms with Gasteiger partial charge in [-0.25, -0.2) is 0 Å². The summed E-state index contributed by atoms with van der Waals surface area (Å²) in [6, 6.07) is 0. The normalized spacial score (nSPS) is 36.0. The van der Waals surface area contributed by atoms with Crippen LogP contribution in [0, 0.1) is 17.3 Å². The van der Waals surface area contributed by atoms with Crippen LogP contribution in [0.25, 0.3) is 0 Å². The lowest BCUT2D eigenvalue weighted by Gasteiger charge is -2.31. The van der Waals surface area contributed by atoms with Crippen LogP contribution in [-0.2, 0) is 0 Å². The second-order valence-corrected chi connectivity index (χ2v) is 4.57. The second kappa shape index (κ2) is 3.14. The third-order valence-corrected chi connectivity index (χ3v) is 3.79. The van der Waals surface area contributed by atoms with Crippen LogP contribution in [0.3, 0.4) is 0 Å². The van der Waals surface area contributed by atoms with Crippen molar-refractivity contribution >= 4 is 0 Å². The molecule has 1 heteroatoms. The Morgan fingerprint density at radius 3 is 2.36 bits per heavy atom. The molecule has 0 bridgehead atoms. The molecule has 11 heavy (non-hydrogen) atoms. The quantitative estimate of drug-likeness (QED) is 0.651. The lowest BCUT2D eigenvalue weighted by Crippen LogP contribution is -2.25. The summed E-state index contributed by atoms with van der Waals surface area (Å²) < 4.78 is 0. The minimum Gasteiger partial charge on any atom is -0.330 e. The topological polar surface area (TPSA) is 26.0 Å². The van der Waals surface area contributed by atoms with Crippen molar-refractivity contribution in [1.29, 1.82) is 0 Å². The highest BCUT2D eigenvalue weighted by molar-refractivity contribution is 4.89. The van der Waals surface area contributed by atoms with Gasteiger partial charge in [-0.15, -0.1) is 0 Å². The maximum atomic E-state index is 5.57. The van der Waals surface area contributed by atoms with Crippen LogP contribution in [0.2, 0.25) is 0 Å². The zero-order chi connectivity index (χ0) is 8.48. The Bertz CT molecular complexity index is 127. The Morgan fingerprint density at radius 2 is 2.00 bits per heavy atom. The van der Waals surface area contributed by atoms with E-state index in [-0.39, 0.29) is 0 Å². The van der Waals surface area contributed by atoms with Crippen LogP contribution in [-0.4, -0.2) is 6.54 Å². The lowest BCUT2D eigenvalue weighted by molar-refractivity contribution is 0.191. The first kappa shape index (κ1) is 9.05. The summed E-state index contributed by atoms with van der Waals surface area (Å²) in [5, 5.41) is 0. The van der Waals surface area contributed by atoms with E-state index >= 15 is 0 Å². The summed E-state index contributed by atoms with van der Waals surface area (Å²) in [4.78, 5) is 0. The predicted molar refractivity (Wildman–Crippen MR) is 49.3 cm³/mol. The molecule has 1 rings (SSSR count). The average molecular weight is 155 g/mol. The molecule has 1 fully saturated rings. The molecule has 1 nitrogen and oxygen atoms in total. The van der Waals surface area contributed by atoms with Crippen molar-refractivity contribution in [2.24, 2.45) is 23.0 Å². The van der Waals surface area contributed by atoms with Crippen LogP contribution >= 0.6 is 0 Å². The summed E-state index contributed by atoms with van der Waals surface area (Å²) >= 11 is 0. The van der Waals surface area contributed by atoms with E-state index in [1.165, 1.54) is 19.3 Å². The lowest BCUT2D eigenvalue weighted by atomic mass is 9.75. The monoisotopic (exact) mass is 155 g/mol. The fourth-order valence-electron chi connectivity index (χ4n) is 2.32. The van der Waals surface area contributed by atoms with Crippen molar-refractivity contribution in [3.05, 3.63) is 0 Å². The Morgan fingerprint density at radius 1 is 1.36 bits per heavy atom. The Hall–Kier alpha value is -0.0400. The first-order valence-corrected chi connectivity index (χ1v) is 4.79. The highest BCUT2D eigenvalue weighted by Gasteiger charge is 2.39. The molecule has 1 saturated carbocycles. The van der Waals surface area contributed by atoms with Gasteiger partial charge in [-0.05, 0) is 43.1 Å².